The average Bonchev–Trinajstić information content (AvgIpc) is 2.95. The van der Waals surface area contributed by atoms with Crippen LogP contribution in [-0.4, -0.2) is 19.5 Å². The van der Waals surface area contributed by atoms with Crippen molar-refractivity contribution in [3.8, 4) is 11.3 Å². The molecule has 0 amide bonds. The molecule has 2 aromatic heterocycles. The summed E-state index contributed by atoms with van der Waals surface area (Å²) in [4.78, 5) is 11.9. The summed E-state index contributed by atoms with van der Waals surface area (Å²) < 4.78 is 2.08. The first-order valence-corrected chi connectivity index (χ1v) is 6.26. The highest BCUT2D eigenvalue weighted by Gasteiger charge is 2.07. The molecule has 0 fully saturated rings. The van der Waals surface area contributed by atoms with Crippen LogP contribution >= 0.6 is 11.6 Å². The predicted octanol–water partition coefficient (Wildman–Crippen LogP) is 3.01. The molecule has 0 aliphatic rings. The summed E-state index contributed by atoms with van der Waals surface area (Å²) in [6.45, 7) is 2.00. The van der Waals surface area contributed by atoms with Gasteiger partial charge in [-0.2, -0.15) is 0 Å². The van der Waals surface area contributed by atoms with E-state index in [0.717, 1.165) is 33.9 Å². The van der Waals surface area contributed by atoms with E-state index in [1.54, 1.807) is 6.20 Å². The van der Waals surface area contributed by atoms with Crippen molar-refractivity contribution in [1.29, 1.82) is 0 Å². The molecule has 0 bridgehead atoms. The molecule has 0 saturated carbocycles. The molecule has 0 spiro atoms. The maximum absolute atomic E-state index is 5.74. The van der Waals surface area contributed by atoms with Crippen molar-refractivity contribution in [3.05, 3.63) is 36.0 Å². The van der Waals surface area contributed by atoms with E-state index in [2.05, 4.69) is 37.7 Å². The largest absolute Gasteiger partial charge is 0.341 e. The smallest absolute Gasteiger partial charge is 0.121 e. The van der Waals surface area contributed by atoms with Crippen molar-refractivity contribution in [2.24, 2.45) is 7.05 Å². The Hall–Kier alpha value is -1.81. The molecule has 1 N–H and O–H groups in total. The molecule has 1 aromatic carbocycles. The number of aryl methyl sites for hydroxylation is 2. The third kappa shape index (κ3) is 1.69. The zero-order chi connectivity index (χ0) is 12.7. The van der Waals surface area contributed by atoms with E-state index < -0.39 is 0 Å². The van der Waals surface area contributed by atoms with Crippen LogP contribution in [0.2, 0.25) is 0 Å². The van der Waals surface area contributed by atoms with Gasteiger partial charge in [-0.1, -0.05) is 6.07 Å². The molecule has 3 aromatic rings. The van der Waals surface area contributed by atoms with Gasteiger partial charge in [-0.05, 0) is 19.1 Å². The van der Waals surface area contributed by atoms with Gasteiger partial charge in [-0.3, -0.25) is 0 Å². The highest BCUT2D eigenvalue weighted by Crippen LogP contribution is 2.23. The second kappa shape index (κ2) is 4.14. The second-order valence-corrected chi connectivity index (χ2v) is 4.57. The molecule has 0 aliphatic carbocycles. The summed E-state index contributed by atoms with van der Waals surface area (Å²) in [7, 11) is 2.02. The molecule has 0 unspecified atom stereocenters. The minimum absolute atomic E-state index is 0.394. The van der Waals surface area contributed by atoms with Crippen molar-refractivity contribution in [2.45, 2.75) is 12.8 Å². The number of nitrogens with zero attached hydrogens (tertiary/aromatic N) is 3. The number of imidazole rings is 2. The summed E-state index contributed by atoms with van der Waals surface area (Å²) in [5.41, 5.74) is 4.17. The minimum atomic E-state index is 0.394. The number of rotatable bonds is 2. The van der Waals surface area contributed by atoms with Gasteiger partial charge in [-0.25, -0.2) is 9.97 Å². The van der Waals surface area contributed by atoms with E-state index in [1.807, 2.05) is 14.0 Å². The zero-order valence-corrected chi connectivity index (χ0v) is 11.0. The van der Waals surface area contributed by atoms with E-state index in [9.17, 15) is 0 Å². The van der Waals surface area contributed by atoms with Gasteiger partial charge >= 0.3 is 0 Å². The predicted molar refractivity (Wildman–Crippen MR) is 72.6 cm³/mol. The Morgan fingerprint density at radius 2 is 2.22 bits per heavy atom. The van der Waals surface area contributed by atoms with Crippen molar-refractivity contribution < 1.29 is 0 Å². The van der Waals surface area contributed by atoms with Gasteiger partial charge in [-0.15, -0.1) is 11.6 Å². The summed E-state index contributed by atoms with van der Waals surface area (Å²) in [6.07, 6.45) is 1.80. The number of hydrogen-bond donors (Lipinski definition) is 1. The first-order valence-electron chi connectivity index (χ1n) is 5.72. The van der Waals surface area contributed by atoms with E-state index in [-0.39, 0.29) is 0 Å². The molecule has 92 valence electrons. The number of aromatic nitrogens is 4. The van der Waals surface area contributed by atoms with Crippen LogP contribution in [0, 0.1) is 6.92 Å². The van der Waals surface area contributed by atoms with Crippen molar-refractivity contribution >= 4 is 22.6 Å². The highest BCUT2D eigenvalue weighted by molar-refractivity contribution is 6.16. The molecule has 4 nitrogen and oxygen atoms in total. The maximum Gasteiger partial charge on any atom is 0.121 e. The van der Waals surface area contributed by atoms with Gasteiger partial charge < -0.3 is 9.55 Å². The average molecular weight is 261 g/mol. The topological polar surface area (TPSA) is 46.5 Å². The molecular formula is C13H13ClN4. The van der Waals surface area contributed by atoms with Crippen LogP contribution in [-0.2, 0) is 12.9 Å². The van der Waals surface area contributed by atoms with Crippen LogP contribution in [0.4, 0.5) is 0 Å². The number of aromatic amines is 1. The first kappa shape index (κ1) is 11.3. The number of halogens is 1. The van der Waals surface area contributed by atoms with Crippen molar-refractivity contribution in [2.75, 3.05) is 0 Å². The van der Waals surface area contributed by atoms with Crippen molar-refractivity contribution in [1.82, 2.24) is 19.5 Å². The fourth-order valence-electron chi connectivity index (χ4n) is 2.06. The van der Waals surface area contributed by atoms with E-state index in [1.165, 1.54) is 0 Å². The van der Waals surface area contributed by atoms with Crippen LogP contribution < -0.4 is 0 Å². The Kier molecular flexibility index (Phi) is 2.59. The second-order valence-electron chi connectivity index (χ2n) is 4.30. The van der Waals surface area contributed by atoms with Crippen molar-refractivity contribution in [3.63, 3.8) is 0 Å². The number of benzene rings is 1. The molecule has 0 radical (unpaired) electrons. The Morgan fingerprint density at radius 3 is 2.94 bits per heavy atom. The number of fused-ring (bicyclic) bond motifs is 1. The molecular weight excluding hydrogens is 248 g/mol. The summed E-state index contributed by atoms with van der Waals surface area (Å²) in [5.74, 6) is 2.18. The third-order valence-corrected chi connectivity index (χ3v) is 3.42. The third-order valence-electron chi connectivity index (χ3n) is 3.17. The van der Waals surface area contributed by atoms with E-state index in [4.69, 9.17) is 11.6 Å². The molecule has 2 heterocycles. The lowest BCUT2D eigenvalue weighted by molar-refractivity contribution is 0.886. The Bertz CT molecular complexity index is 711. The fraction of sp³-hybridized carbons (Fsp3) is 0.231. The van der Waals surface area contributed by atoms with Gasteiger partial charge in [0.15, 0.2) is 0 Å². The van der Waals surface area contributed by atoms with Crippen LogP contribution in [0.15, 0.2) is 24.4 Å². The number of hydrogen-bond acceptors (Lipinski definition) is 2. The van der Waals surface area contributed by atoms with Gasteiger partial charge in [0.25, 0.3) is 0 Å². The normalized spacial score (nSPS) is 11.3. The molecule has 18 heavy (non-hydrogen) atoms. The lowest BCUT2D eigenvalue weighted by Gasteiger charge is -1.99. The van der Waals surface area contributed by atoms with E-state index >= 15 is 0 Å². The van der Waals surface area contributed by atoms with E-state index in [0.29, 0.717) is 5.88 Å². The highest BCUT2D eigenvalue weighted by atomic mass is 35.5. The fourth-order valence-corrected chi connectivity index (χ4v) is 2.20. The first-order chi connectivity index (χ1) is 8.69. The Labute approximate surface area is 110 Å². The monoisotopic (exact) mass is 260 g/mol. The molecule has 0 atom stereocenters. The Balaban J connectivity index is 2.13. The quantitative estimate of drug-likeness (QED) is 0.720. The number of alkyl halides is 1. The molecule has 5 heteroatoms. The summed E-state index contributed by atoms with van der Waals surface area (Å²) in [5, 5.41) is 0. The molecule has 0 aliphatic heterocycles. The minimum Gasteiger partial charge on any atom is -0.341 e. The number of H-pyrrole nitrogens is 1. The Morgan fingerprint density at radius 1 is 1.39 bits per heavy atom. The standard InChI is InChI=1S/C13H13ClN4/c1-8-16-10-5-9(3-4-12(10)18(8)2)11-7-15-13(6-14)17-11/h3-5,7H,6H2,1-2H3,(H,15,17). The molecule has 0 saturated heterocycles. The van der Waals surface area contributed by atoms with Crippen LogP contribution in [0.3, 0.4) is 0 Å². The summed E-state index contributed by atoms with van der Waals surface area (Å²) >= 11 is 5.74. The lowest BCUT2D eigenvalue weighted by Crippen LogP contribution is -1.89. The van der Waals surface area contributed by atoms with Gasteiger partial charge in [0.2, 0.25) is 0 Å². The lowest BCUT2D eigenvalue weighted by atomic mass is 10.1. The van der Waals surface area contributed by atoms with Gasteiger partial charge in [0, 0.05) is 12.6 Å². The van der Waals surface area contributed by atoms with Crippen LogP contribution in [0.25, 0.3) is 22.3 Å². The summed E-state index contributed by atoms with van der Waals surface area (Å²) in [6, 6.07) is 6.20. The van der Waals surface area contributed by atoms with Crippen LogP contribution in [0.1, 0.15) is 11.6 Å². The molecule has 3 rings (SSSR count). The number of nitrogens with one attached hydrogen (secondary N) is 1. The van der Waals surface area contributed by atoms with Gasteiger partial charge in [0.1, 0.15) is 11.6 Å². The van der Waals surface area contributed by atoms with Gasteiger partial charge in [0.05, 0.1) is 28.8 Å². The maximum atomic E-state index is 5.74. The zero-order valence-electron chi connectivity index (χ0n) is 10.2. The van der Waals surface area contributed by atoms with Crippen LogP contribution in [0.5, 0.6) is 0 Å². The SMILES string of the molecule is Cc1nc2cc(-c3cnc(CCl)[nH]3)ccc2n1C.